The minimum atomic E-state index is -0.500. The van der Waals surface area contributed by atoms with Gasteiger partial charge in [0.15, 0.2) is 11.5 Å². The third-order valence-electron chi connectivity index (χ3n) is 4.00. The SMILES string of the molecule is CC(C)(C)OC(=O)N1CCCCC(NCc2cccc(O)c2O)C1. The van der Waals surface area contributed by atoms with Gasteiger partial charge in [0.25, 0.3) is 0 Å². The van der Waals surface area contributed by atoms with Crippen molar-refractivity contribution < 1.29 is 19.7 Å². The van der Waals surface area contributed by atoms with Gasteiger partial charge >= 0.3 is 6.09 Å². The van der Waals surface area contributed by atoms with E-state index in [0.717, 1.165) is 19.3 Å². The number of aromatic hydroxyl groups is 2. The van der Waals surface area contributed by atoms with E-state index in [1.165, 1.54) is 6.07 Å². The second-order valence-corrected chi connectivity index (χ2v) is 7.28. The Labute approximate surface area is 143 Å². The third kappa shape index (κ3) is 5.30. The maximum Gasteiger partial charge on any atom is 0.410 e. The lowest BCUT2D eigenvalue weighted by molar-refractivity contribution is 0.0243. The number of carbonyl (C=O) groups excluding carboxylic acids is 1. The number of rotatable bonds is 3. The zero-order valence-electron chi connectivity index (χ0n) is 14.7. The van der Waals surface area contributed by atoms with E-state index in [9.17, 15) is 15.0 Å². The summed E-state index contributed by atoms with van der Waals surface area (Å²) in [5.74, 6) is -0.215. The molecule has 0 radical (unpaired) electrons. The van der Waals surface area contributed by atoms with Crippen molar-refractivity contribution in [1.29, 1.82) is 0 Å². The van der Waals surface area contributed by atoms with E-state index >= 15 is 0 Å². The maximum absolute atomic E-state index is 12.3. The van der Waals surface area contributed by atoms with Crippen LogP contribution in [0, 0.1) is 0 Å². The first-order valence-electron chi connectivity index (χ1n) is 8.47. The quantitative estimate of drug-likeness (QED) is 0.739. The first kappa shape index (κ1) is 18.4. The van der Waals surface area contributed by atoms with Crippen molar-refractivity contribution in [2.75, 3.05) is 13.1 Å². The predicted octanol–water partition coefficient (Wildman–Crippen LogP) is 2.98. The highest BCUT2D eigenvalue weighted by Gasteiger charge is 2.26. The zero-order chi connectivity index (χ0) is 17.7. The van der Waals surface area contributed by atoms with E-state index in [0.29, 0.717) is 25.2 Å². The molecule has 6 heteroatoms. The summed E-state index contributed by atoms with van der Waals surface area (Å²) in [5, 5.41) is 22.8. The van der Waals surface area contributed by atoms with Gasteiger partial charge in [-0.1, -0.05) is 18.6 Å². The second-order valence-electron chi connectivity index (χ2n) is 7.28. The minimum Gasteiger partial charge on any atom is -0.504 e. The largest absolute Gasteiger partial charge is 0.504 e. The molecule has 1 atom stereocenters. The number of ether oxygens (including phenoxy) is 1. The Kier molecular flexibility index (Phi) is 5.94. The smallest absolute Gasteiger partial charge is 0.410 e. The highest BCUT2D eigenvalue weighted by atomic mass is 16.6. The highest BCUT2D eigenvalue weighted by molar-refractivity contribution is 5.68. The molecule has 2 rings (SSSR count). The number of nitrogens with one attached hydrogen (secondary N) is 1. The fraction of sp³-hybridized carbons (Fsp3) is 0.611. The highest BCUT2D eigenvalue weighted by Crippen LogP contribution is 2.28. The molecule has 0 aromatic heterocycles. The van der Waals surface area contributed by atoms with Crippen LogP contribution in [0.3, 0.4) is 0 Å². The van der Waals surface area contributed by atoms with Crippen LogP contribution in [0.5, 0.6) is 11.5 Å². The van der Waals surface area contributed by atoms with Crippen LogP contribution < -0.4 is 5.32 Å². The van der Waals surface area contributed by atoms with Crippen molar-refractivity contribution in [2.45, 2.75) is 58.2 Å². The molecule has 1 saturated heterocycles. The van der Waals surface area contributed by atoms with Crippen LogP contribution in [0.25, 0.3) is 0 Å². The molecular formula is C18H28N2O4. The topological polar surface area (TPSA) is 82.0 Å². The van der Waals surface area contributed by atoms with Gasteiger partial charge in [-0.25, -0.2) is 4.79 Å². The number of para-hydroxylation sites is 1. The molecule has 1 aliphatic heterocycles. The Morgan fingerprint density at radius 2 is 2.08 bits per heavy atom. The van der Waals surface area contributed by atoms with Crippen LogP contribution >= 0.6 is 0 Å². The number of hydrogen-bond donors (Lipinski definition) is 3. The molecule has 1 heterocycles. The molecule has 1 aliphatic rings. The Bertz CT molecular complexity index is 569. The van der Waals surface area contributed by atoms with Gasteiger partial charge in [-0.2, -0.15) is 0 Å². The van der Waals surface area contributed by atoms with Gasteiger partial charge in [0.05, 0.1) is 0 Å². The molecule has 1 aromatic rings. The fourth-order valence-electron chi connectivity index (χ4n) is 2.78. The summed E-state index contributed by atoms with van der Waals surface area (Å²) in [5.41, 5.74) is 0.141. The summed E-state index contributed by atoms with van der Waals surface area (Å²) in [6, 6.07) is 5.05. The normalized spacial score (nSPS) is 19.0. The van der Waals surface area contributed by atoms with E-state index in [-0.39, 0.29) is 23.6 Å². The van der Waals surface area contributed by atoms with Crippen LogP contribution in [0.2, 0.25) is 0 Å². The van der Waals surface area contributed by atoms with Gasteiger partial charge in [0.1, 0.15) is 5.60 Å². The molecule has 0 bridgehead atoms. The zero-order valence-corrected chi connectivity index (χ0v) is 14.7. The van der Waals surface area contributed by atoms with E-state index < -0.39 is 5.60 Å². The summed E-state index contributed by atoms with van der Waals surface area (Å²) in [7, 11) is 0. The van der Waals surface area contributed by atoms with E-state index in [4.69, 9.17) is 4.74 Å². The number of hydrogen-bond acceptors (Lipinski definition) is 5. The van der Waals surface area contributed by atoms with Crippen molar-refractivity contribution in [2.24, 2.45) is 0 Å². The van der Waals surface area contributed by atoms with Gasteiger partial charge in [-0.3, -0.25) is 0 Å². The molecule has 1 amide bonds. The Morgan fingerprint density at radius 1 is 1.33 bits per heavy atom. The lowest BCUT2D eigenvalue weighted by atomic mass is 10.1. The second kappa shape index (κ2) is 7.75. The van der Waals surface area contributed by atoms with Crippen molar-refractivity contribution in [3.8, 4) is 11.5 Å². The summed E-state index contributed by atoms with van der Waals surface area (Å²) >= 11 is 0. The minimum absolute atomic E-state index is 0.0948. The van der Waals surface area contributed by atoms with Gasteiger partial charge < -0.3 is 25.2 Å². The summed E-state index contributed by atoms with van der Waals surface area (Å²) < 4.78 is 5.46. The lowest BCUT2D eigenvalue weighted by Crippen LogP contribution is -2.44. The molecule has 3 N–H and O–H groups in total. The molecular weight excluding hydrogens is 308 g/mol. The number of carbonyl (C=O) groups is 1. The predicted molar refractivity (Wildman–Crippen MR) is 92.1 cm³/mol. The summed E-state index contributed by atoms with van der Waals surface area (Å²) in [6.45, 7) is 7.31. The molecule has 0 spiro atoms. The van der Waals surface area contributed by atoms with Crippen molar-refractivity contribution in [1.82, 2.24) is 10.2 Å². The number of likely N-dealkylation sites (tertiary alicyclic amines) is 1. The molecule has 24 heavy (non-hydrogen) atoms. The van der Waals surface area contributed by atoms with Crippen LogP contribution in [0.15, 0.2) is 18.2 Å². The molecule has 6 nitrogen and oxygen atoms in total. The van der Waals surface area contributed by atoms with Crippen LogP contribution in [-0.4, -0.2) is 45.9 Å². The van der Waals surface area contributed by atoms with Gasteiger partial charge in [0, 0.05) is 31.2 Å². The third-order valence-corrected chi connectivity index (χ3v) is 4.00. The van der Waals surface area contributed by atoms with E-state index in [1.54, 1.807) is 17.0 Å². The van der Waals surface area contributed by atoms with Gasteiger partial charge in [-0.15, -0.1) is 0 Å². The number of phenols is 2. The van der Waals surface area contributed by atoms with Gasteiger partial charge in [0.2, 0.25) is 0 Å². The number of nitrogens with zero attached hydrogens (tertiary/aromatic N) is 1. The molecule has 1 aromatic carbocycles. The van der Waals surface area contributed by atoms with E-state index in [2.05, 4.69) is 5.32 Å². The molecule has 134 valence electrons. The molecule has 0 aliphatic carbocycles. The van der Waals surface area contributed by atoms with Gasteiger partial charge in [-0.05, 0) is 39.7 Å². The first-order chi connectivity index (χ1) is 11.3. The van der Waals surface area contributed by atoms with Crippen LogP contribution in [0.1, 0.15) is 45.6 Å². The fourth-order valence-corrected chi connectivity index (χ4v) is 2.78. The summed E-state index contributed by atoms with van der Waals surface area (Å²) in [6.07, 6.45) is 2.66. The Balaban J connectivity index is 1.95. The monoisotopic (exact) mass is 336 g/mol. The van der Waals surface area contributed by atoms with Crippen LogP contribution in [0.4, 0.5) is 4.79 Å². The molecule has 1 unspecified atom stereocenters. The van der Waals surface area contributed by atoms with Crippen molar-refractivity contribution in [3.63, 3.8) is 0 Å². The standard InChI is InChI=1S/C18H28N2O4/c1-18(2,3)24-17(23)20-10-5-4-8-14(12-20)19-11-13-7-6-9-15(21)16(13)22/h6-7,9,14,19,21-22H,4-5,8,10-12H2,1-3H3. The van der Waals surface area contributed by atoms with E-state index in [1.807, 2.05) is 20.8 Å². The Hall–Kier alpha value is -1.95. The van der Waals surface area contributed by atoms with Crippen molar-refractivity contribution in [3.05, 3.63) is 23.8 Å². The summed E-state index contributed by atoms with van der Waals surface area (Å²) in [4.78, 5) is 14.0. The number of benzene rings is 1. The Morgan fingerprint density at radius 3 is 2.79 bits per heavy atom. The van der Waals surface area contributed by atoms with Crippen molar-refractivity contribution >= 4 is 6.09 Å². The first-order valence-corrected chi connectivity index (χ1v) is 8.47. The molecule has 0 saturated carbocycles. The molecule has 1 fully saturated rings. The average Bonchev–Trinajstić information content (AvgIpc) is 2.73. The average molecular weight is 336 g/mol. The number of amides is 1. The lowest BCUT2D eigenvalue weighted by Gasteiger charge is -2.28. The maximum atomic E-state index is 12.3. The number of phenolic OH excluding ortho intramolecular Hbond substituents is 2. The van der Waals surface area contributed by atoms with Crippen LogP contribution in [-0.2, 0) is 11.3 Å².